The van der Waals surface area contributed by atoms with Crippen molar-refractivity contribution in [2.24, 2.45) is 5.92 Å². The van der Waals surface area contributed by atoms with Crippen molar-refractivity contribution in [3.63, 3.8) is 0 Å². The quantitative estimate of drug-likeness (QED) is 0.305. The molecule has 2 aromatic rings. The van der Waals surface area contributed by atoms with E-state index < -0.39 is 12.4 Å². The van der Waals surface area contributed by atoms with Gasteiger partial charge in [-0.15, -0.1) is 13.2 Å². The number of rotatable bonds is 12. The molecule has 0 heterocycles. The van der Waals surface area contributed by atoms with Gasteiger partial charge in [0.25, 0.3) is 5.91 Å². The molecule has 3 rings (SSSR count). The molecule has 0 unspecified atom stereocenters. The van der Waals surface area contributed by atoms with Gasteiger partial charge < -0.3 is 25.4 Å². The Kier molecular flexibility index (Phi) is 10.7. The zero-order valence-electron chi connectivity index (χ0n) is 21.8. The lowest BCUT2D eigenvalue weighted by Gasteiger charge is -2.26. The van der Waals surface area contributed by atoms with E-state index >= 15 is 0 Å². The molecule has 1 aliphatic carbocycles. The number of benzene rings is 2. The monoisotopic (exact) mass is 535 g/mol. The van der Waals surface area contributed by atoms with Crippen LogP contribution in [-0.4, -0.2) is 43.4 Å². The van der Waals surface area contributed by atoms with E-state index in [1.807, 2.05) is 13.8 Å². The van der Waals surface area contributed by atoms with Crippen LogP contribution in [-0.2, 0) is 4.79 Å². The fourth-order valence-electron chi connectivity index (χ4n) is 4.48. The minimum atomic E-state index is -4.74. The Bertz CT molecular complexity index is 1020. The first kappa shape index (κ1) is 29.1. The number of anilines is 1. The molecule has 10 heteroatoms. The molecule has 1 aliphatic rings. The van der Waals surface area contributed by atoms with Gasteiger partial charge in [-0.2, -0.15) is 0 Å². The lowest BCUT2D eigenvalue weighted by Crippen LogP contribution is -2.48. The first-order chi connectivity index (χ1) is 18.1. The number of carbonyl (C=O) groups is 2. The Morgan fingerprint density at radius 2 is 1.55 bits per heavy atom. The molecular weight excluding hydrogens is 499 g/mol. The second kappa shape index (κ2) is 13.9. The Hall–Kier alpha value is -3.43. The molecule has 2 aromatic carbocycles. The van der Waals surface area contributed by atoms with Gasteiger partial charge in [0.15, 0.2) is 0 Å². The number of halogens is 3. The van der Waals surface area contributed by atoms with E-state index in [1.165, 1.54) is 30.7 Å². The van der Waals surface area contributed by atoms with Crippen molar-refractivity contribution >= 4 is 17.5 Å². The van der Waals surface area contributed by atoms with E-state index in [1.54, 1.807) is 24.3 Å². The van der Waals surface area contributed by atoms with Gasteiger partial charge in [0, 0.05) is 24.3 Å². The van der Waals surface area contributed by atoms with Crippen LogP contribution in [0.15, 0.2) is 48.5 Å². The number of hydrogen-bond acceptors (Lipinski definition) is 5. The molecule has 0 aliphatic heterocycles. The maximum Gasteiger partial charge on any atom is 0.573 e. The summed E-state index contributed by atoms with van der Waals surface area (Å²) < 4.78 is 46.4. The normalized spacial score (nSPS) is 15.0. The number of nitrogens with one attached hydrogen (secondary N) is 3. The molecule has 0 spiro atoms. The summed E-state index contributed by atoms with van der Waals surface area (Å²) in [6.45, 7) is 4.48. The second-order valence-electron chi connectivity index (χ2n) is 9.75. The lowest BCUT2D eigenvalue weighted by atomic mass is 9.84. The van der Waals surface area contributed by atoms with Crippen LogP contribution in [0.25, 0.3) is 0 Å². The van der Waals surface area contributed by atoms with E-state index in [0.29, 0.717) is 35.9 Å². The highest BCUT2D eigenvalue weighted by molar-refractivity contribution is 5.97. The topological polar surface area (TPSA) is 88.7 Å². The van der Waals surface area contributed by atoms with Crippen molar-refractivity contribution in [3.8, 4) is 11.5 Å². The van der Waals surface area contributed by atoms with Crippen LogP contribution < -0.4 is 25.4 Å². The highest BCUT2D eigenvalue weighted by Crippen LogP contribution is 2.28. The van der Waals surface area contributed by atoms with Crippen LogP contribution in [0.3, 0.4) is 0 Å². The molecule has 3 N–H and O–H groups in total. The predicted octanol–water partition coefficient (Wildman–Crippen LogP) is 5.67. The lowest BCUT2D eigenvalue weighted by molar-refractivity contribution is -0.274. The van der Waals surface area contributed by atoms with Crippen LogP contribution in [0.5, 0.6) is 11.5 Å². The van der Waals surface area contributed by atoms with Crippen LogP contribution in [0.4, 0.5) is 18.9 Å². The molecule has 1 saturated carbocycles. The smallest absolute Gasteiger partial charge is 0.491 e. The third-order valence-corrected chi connectivity index (χ3v) is 6.25. The number of alkyl halides is 3. The SMILES string of the molecule is CC(C)Oc1ccc(C(=O)N[C@@H](CC2CCCCC2)C(=O)NCCNc2ccc(OC(F)(F)F)cc2)cc1. The highest BCUT2D eigenvalue weighted by atomic mass is 19.4. The van der Waals surface area contributed by atoms with E-state index in [0.717, 1.165) is 25.7 Å². The summed E-state index contributed by atoms with van der Waals surface area (Å²) in [4.78, 5) is 26.0. The molecular formula is C28H36F3N3O4. The molecule has 0 aromatic heterocycles. The van der Waals surface area contributed by atoms with Crippen LogP contribution in [0, 0.1) is 5.92 Å². The molecule has 0 saturated heterocycles. The van der Waals surface area contributed by atoms with Gasteiger partial charge in [-0.3, -0.25) is 9.59 Å². The first-order valence-corrected chi connectivity index (χ1v) is 13.0. The van der Waals surface area contributed by atoms with Gasteiger partial charge in [-0.25, -0.2) is 0 Å². The summed E-state index contributed by atoms with van der Waals surface area (Å²) in [5.41, 5.74) is 1.04. The fraction of sp³-hybridized carbons (Fsp3) is 0.500. The molecule has 208 valence electrons. The van der Waals surface area contributed by atoms with Crippen molar-refractivity contribution in [1.82, 2.24) is 10.6 Å². The number of carbonyl (C=O) groups excluding carboxylic acids is 2. The number of ether oxygens (including phenoxy) is 2. The van der Waals surface area contributed by atoms with E-state index in [-0.39, 0.29) is 30.2 Å². The minimum absolute atomic E-state index is 0.0236. The molecule has 7 nitrogen and oxygen atoms in total. The summed E-state index contributed by atoms with van der Waals surface area (Å²) in [6.07, 6.45) is 1.37. The van der Waals surface area contributed by atoms with Gasteiger partial charge in [0.2, 0.25) is 5.91 Å². The maximum absolute atomic E-state index is 13.1. The number of hydrogen-bond donors (Lipinski definition) is 3. The molecule has 1 fully saturated rings. The molecule has 0 radical (unpaired) electrons. The minimum Gasteiger partial charge on any atom is -0.491 e. The third-order valence-electron chi connectivity index (χ3n) is 6.25. The fourth-order valence-corrected chi connectivity index (χ4v) is 4.48. The summed E-state index contributed by atoms with van der Waals surface area (Å²) in [5.74, 6) is 0.149. The van der Waals surface area contributed by atoms with Crippen molar-refractivity contribution in [1.29, 1.82) is 0 Å². The number of amides is 2. The van der Waals surface area contributed by atoms with Gasteiger partial charge in [-0.1, -0.05) is 32.1 Å². The van der Waals surface area contributed by atoms with E-state index in [9.17, 15) is 22.8 Å². The zero-order chi connectivity index (χ0) is 27.5. The van der Waals surface area contributed by atoms with Gasteiger partial charge in [-0.05, 0) is 74.7 Å². The highest BCUT2D eigenvalue weighted by Gasteiger charge is 2.31. The summed E-state index contributed by atoms with van der Waals surface area (Å²) in [7, 11) is 0. The molecule has 0 bridgehead atoms. The average Bonchev–Trinajstić information content (AvgIpc) is 2.87. The largest absolute Gasteiger partial charge is 0.573 e. The predicted molar refractivity (Wildman–Crippen MR) is 139 cm³/mol. The third kappa shape index (κ3) is 10.1. The Morgan fingerprint density at radius 1 is 0.921 bits per heavy atom. The zero-order valence-corrected chi connectivity index (χ0v) is 21.8. The average molecular weight is 536 g/mol. The van der Waals surface area contributed by atoms with Crippen LogP contribution in [0.1, 0.15) is 62.7 Å². The molecule has 38 heavy (non-hydrogen) atoms. The van der Waals surface area contributed by atoms with Gasteiger partial charge >= 0.3 is 6.36 Å². The molecule has 2 amide bonds. The first-order valence-electron chi connectivity index (χ1n) is 13.0. The van der Waals surface area contributed by atoms with Crippen molar-refractivity contribution in [3.05, 3.63) is 54.1 Å². The van der Waals surface area contributed by atoms with Crippen LogP contribution in [0.2, 0.25) is 0 Å². The van der Waals surface area contributed by atoms with Crippen molar-refractivity contribution in [2.75, 3.05) is 18.4 Å². The summed E-state index contributed by atoms with van der Waals surface area (Å²) >= 11 is 0. The Labute approximate surface area is 221 Å². The maximum atomic E-state index is 13.1. The summed E-state index contributed by atoms with van der Waals surface area (Å²) in [6, 6.07) is 11.5. The van der Waals surface area contributed by atoms with Gasteiger partial charge in [0.05, 0.1) is 6.10 Å². The molecule has 1 atom stereocenters. The van der Waals surface area contributed by atoms with Crippen LogP contribution >= 0.6 is 0 Å². The van der Waals surface area contributed by atoms with Crippen molar-refractivity contribution < 1.29 is 32.2 Å². The van der Waals surface area contributed by atoms with Gasteiger partial charge in [0.1, 0.15) is 17.5 Å². The summed E-state index contributed by atoms with van der Waals surface area (Å²) in [5, 5.41) is 8.81. The van der Waals surface area contributed by atoms with E-state index in [4.69, 9.17) is 4.74 Å². The van der Waals surface area contributed by atoms with Crippen molar-refractivity contribution in [2.45, 2.75) is 70.9 Å². The van der Waals surface area contributed by atoms with E-state index in [2.05, 4.69) is 20.7 Å². The Balaban J connectivity index is 1.53. The second-order valence-corrected chi connectivity index (χ2v) is 9.75. The standard InChI is InChI=1S/C28H36F3N3O4/c1-19(2)37-23-12-8-21(9-13-23)26(35)34-25(18-20-6-4-3-5-7-20)27(36)33-17-16-32-22-10-14-24(15-11-22)38-28(29,30)31/h8-15,19-20,25,32H,3-7,16-18H2,1-2H3,(H,33,36)(H,34,35)/t25-/m0/s1. The Morgan fingerprint density at radius 3 is 2.16 bits per heavy atom.